The number of carbonyl (C=O) groups excluding carboxylic acids is 2. The van der Waals surface area contributed by atoms with Crippen molar-refractivity contribution in [1.82, 2.24) is 5.32 Å². The van der Waals surface area contributed by atoms with E-state index in [4.69, 9.17) is 10.3 Å². The fraction of sp³-hybridized carbons (Fsp3) is 0.467. The molecule has 0 aliphatic rings. The zero-order chi connectivity index (χ0) is 18.2. The molecule has 0 saturated heterocycles. The van der Waals surface area contributed by atoms with Gasteiger partial charge in [0.1, 0.15) is 5.60 Å². The van der Waals surface area contributed by atoms with Crippen LogP contribution in [0.4, 0.5) is 16.2 Å². The van der Waals surface area contributed by atoms with E-state index in [-0.39, 0.29) is 11.3 Å². The summed E-state index contributed by atoms with van der Waals surface area (Å²) in [5.74, 6) is -0.525. The third-order valence-electron chi connectivity index (χ3n) is 2.68. The van der Waals surface area contributed by atoms with Crippen LogP contribution in [-0.2, 0) is 9.47 Å². The number of carbonyl (C=O) groups is 2. The topological polar surface area (TPSA) is 125 Å². The molecule has 0 aliphatic heterocycles. The number of methoxy groups -OCH3 is 1. The van der Waals surface area contributed by atoms with Gasteiger partial charge in [-0.05, 0) is 44.5 Å². The second-order valence-electron chi connectivity index (χ2n) is 5.77. The quantitative estimate of drug-likeness (QED) is 0.271. The van der Waals surface area contributed by atoms with Gasteiger partial charge in [-0.3, -0.25) is 0 Å². The number of rotatable bonds is 6. The molecular formula is C15H21N5O4. The van der Waals surface area contributed by atoms with E-state index in [0.717, 1.165) is 0 Å². The number of hydrogen-bond acceptors (Lipinski definition) is 6. The number of benzene rings is 1. The molecule has 0 spiro atoms. The van der Waals surface area contributed by atoms with Crippen molar-refractivity contribution in [2.45, 2.75) is 26.4 Å². The number of hydrogen-bond donors (Lipinski definition) is 2. The fourth-order valence-corrected chi connectivity index (χ4v) is 1.73. The lowest BCUT2D eigenvalue weighted by Crippen LogP contribution is -2.35. The minimum absolute atomic E-state index is 0.262. The van der Waals surface area contributed by atoms with Crippen molar-refractivity contribution in [1.29, 1.82) is 0 Å². The maximum Gasteiger partial charge on any atom is 0.407 e. The molecular weight excluding hydrogens is 314 g/mol. The second kappa shape index (κ2) is 8.64. The summed E-state index contributed by atoms with van der Waals surface area (Å²) in [5.41, 5.74) is 9.14. The van der Waals surface area contributed by atoms with E-state index >= 15 is 0 Å². The van der Waals surface area contributed by atoms with Gasteiger partial charge in [0.25, 0.3) is 0 Å². The van der Waals surface area contributed by atoms with Crippen LogP contribution in [-0.4, -0.2) is 37.9 Å². The average Bonchev–Trinajstić information content (AvgIpc) is 2.50. The monoisotopic (exact) mass is 335 g/mol. The molecule has 9 nitrogen and oxygen atoms in total. The van der Waals surface area contributed by atoms with Crippen molar-refractivity contribution in [2.75, 3.05) is 25.5 Å². The molecule has 1 amide bonds. The largest absolute Gasteiger partial charge is 0.465 e. The van der Waals surface area contributed by atoms with E-state index < -0.39 is 17.7 Å². The van der Waals surface area contributed by atoms with Gasteiger partial charge >= 0.3 is 12.1 Å². The Morgan fingerprint density at radius 1 is 1.29 bits per heavy atom. The van der Waals surface area contributed by atoms with Crippen LogP contribution in [0, 0.1) is 0 Å². The lowest BCUT2D eigenvalue weighted by atomic mass is 10.1. The molecule has 24 heavy (non-hydrogen) atoms. The maximum absolute atomic E-state index is 11.5. The van der Waals surface area contributed by atoms with E-state index in [1.807, 2.05) is 0 Å². The summed E-state index contributed by atoms with van der Waals surface area (Å²) in [5, 5.41) is 9.16. The van der Waals surface area contributed by atoms with Gasteiger partial charge in [-0.15, -0.1) is 0 Å². The molecule has 0 unspecified atom stereocenters. The summed E-state index contributed by atoms with van der Waals surface area (Å²) in [7, 11) is 1.27. The van der Waals surface area contributed by atoms with Crippen LogP contribution in [0.2, 0.25) is 0 Å². The zero-order valence-electron chi connectivity index (χ0n) is 14.1. The summed E-state index contributed by atoms with van der Waals surface area (Å²) in [4.78, 5) is 25.7. The molecule has 0 heterocycles. The summed E-state index contributed by atoms with van der Waals surface area (Å²) < 4.78 is 9.73. The smallest absolute Gasteiger partial charge is 0.407 e. The number of nitrogens with zero attached hydrogens (tertiary/aromatic N) is 3. The highest BCUT2D eigenvalue weighted by molar-refractivity contribution is 5.91. The fourth-order valence-electron chi connectivity index (χ4n) is 1.73. The molecule has 0 radical (unpaired) electrons. The summed E-state index contributed by atoms with van der Waals surface area (Å²) >= 11 is 0. The van der Waals surface area contributed by atoms with E-state index in [1.165, 1.54) is 13.2 Å². The highest BCUT2D eigenvalue weighted by Gasteiger charge is 2.15. The number of anilines is 1. The van der Waals surface area contributed by atoms with Crippen LogP contribution in [0.25, 0.3) is 10.4 Å². The van der Waals surface area contributed by atoms with Crippen molar-refractivity contribution in [2.24, 2.45) is 5.11 Å². The molecule has 1 aromatic carbocycles. The van der Waals surface area contributed by atoms with Gasteiger partial charge in [-0.1, -0.05) is 5.11 Å². The lowest BCUT2D eigenvalue weighted by molar-refractivity contribution is 0.0528. The lowest BCUT2D eigenvalue weighted by Gasteiger charge is -2.19. The molecule has 0 bridgehead atoms. The van der Waals surface area contributed by atoms with Crippen LogP contribution in [0.3, 0.4) is 0 Å². The third-order valence-corrected chi connectivity index (χ3v) is 2.68. The van der Waals surface area contributed by atoms with Crippen molar-refractivity contribution in [3.05, 3.63) is 34.2 Å². The first kappa shape index (κ1) is 19.1. The molecule has 1 aromatic rings. The molecule has 130 valence electrons. The van der Waals surface area contributed by atoms with Crippen LogP contribution in [0.5, 0.6) is 0 Å². The van der Waals surface area contributed by atoms with Crippen LogP contribution >= 0.6 is 0 Å². The Hall–Kier alpha value is -2.93. The zero-order valence-corrected chi connectivity index (χ0v) is 14.1. The normalized spacial score (nSPS) is 10.3. The Kier molecular flexibility index (Phi) is 6.88. The Bertz CT molecular complexity index is 648. The highest BCUT2D eigenvalue weighted by atomic mass is 16.6. The predicted octanol–water partition coefficient (Wildman–Crippen LogP) is 3.35. The Labute approximate surface area is 139 Å². The van der Waals surface area contributed by atoms with Gasteiger partial charge in [0.2, 0.25) is 0 Å². The minimum atomic E-state index is -0.560. The van der Waals surface area contributed by atoms with Crippen LogP contribution in [0.15, 0.2) is 23.3 Å². The molecule has 0 aliphatic carbocycles. The Morgan fingerprint density at radius 2 is 2.00 bits per heavy atom. The number of ether oxygens (including phenoxy) is 2. The number of azide groups is 1. The van der Waals surface area contributed by atoms with E-state index in [2.05, 4.69) is 25.4 Å². The summed E-state index contributed by atoms with van der Waals surface area (Å²) in [6.45, 7) is 6.02. The number of nitrogens with one attached hydrogen (secondary N) is 2. The predicted molar refractivity (Wildman–Crippen MR) is 89.3 cm³/mol. The third kappa shape index (κ3) is 6.45. The molecule has 9 heteroatoms. The van der Waals surface area contributed by atoms with Gasteiger partial charge in [-0.2, -0.15) is 0 Å². The van der Waals surface area contributed by atoms with E-state index in [1.54, 1.807) is 32.9 Å². The first-order chi connectivity index (χ1) is 11.3. The van der Waals surface area contributed by atoms with Gasteiger partial charge in [-0.25, -0.2) is 9.59 Å². The molecule has 0 atom stereocenters. The second-order valence-corrected chi connectivity index (χ2v) is 5.77. The number of amides is 1. The van der Waals surface area contributed by atoms with E-state index in [0.29, 0.717) is 18.8 Å². The van der Waals surface area contributed by atoms with Crippen molar-refractivity contribution in [3.63, 3.8) is 0 Å². The van der Waals surface area contributed by atoms with Gasteiger partial charge in [0.15, 0.2) is 0 Å². The minimum Gasteiger partial charge on any atom is -0.465 e. The Balaban J connectivity index is 2.63. The standard InChI is InChI=1S/C15H21N5O4/c1-15(2,3)24-14(22)18-8-7-17-11-6-5-10(13(21)23-4)9-12(11)19-20-16/h5-6,9,17H,7-8H2,1-4H3,(H,18,22). The van der Waals surface area contributed by atoms with Gasteiger partial charge in [0, 0.05) is 23.7 Å². The first-order valence-corrected chi connectivity index (χ1v) is 7.25. The maximum atomic E-state index is 11.5. The van der Waals surface area contributed by atoms with Crippen molar-refractivity contribution >= 4 is 23.4 Å². The highest BCUT2D eigenvalue weighted by Crippen LogP contribution is 2.26. The van der Waals surface area contributed by atoms with Gasteiger partial charge < -0.3 is 20.1 Å². The molecule has 0 fully saturated rings. The SMILES string of the molecule is COC(=O)c1ccc(NCCNC(=O)OC(C)(C)C)c(N=[N+]=[N-])c1. The summed E-state index contributed by atoms with van der Waals surface area (Å²) in [6, 6.07) is 4.57. The molecule has 2 N–H and O–H groups in total. The van der Waals surface area contributed by atoms with Crippen molar-refractivity contribution in [3.8, 4) is 0 Å². The average molecular weight is 335 g/mol. The molecule has 0 aromatic heterocycles. The van der Waals surface area contributed by atoms with Crippen molar-refractivity contribution < 1.29 is 19.1 Å². The summed E-state index contributed by atoms with van der Waals surface area (Å²) in [6.07, 6.45) is -0.513. The number of esters is 1. The Morgan fingerprint density at radius 3 is 2.58 bits per heavy atom. The first-order valence-electron chi connectivity index (χ1n) is 7.25. The number of alkyl carbamates (subject to hydrolysis) is 1. The van der Waals surface area contributed by atoms with Crippen LogP contribution < -0.4 is 10.6 Å². The molecule has 1 rings (SSSR count). The van der Waals surface area contributed by atoms with Crippen LogP contribution in [0.1, 0.15) is 31.1 Å². The van der Waals surface area contributed by atoms with E-state index in [9.17, 15) is 9.59 Å². The van der Waals surface area contributed by atoms with Gasteiger partial charge in [0.05, 0.1) is 18.4 Å². The molecule has 0 saturated carbocycles.